The molecule has 0 heterocycles. The number of hydrogen-bond donors (Lipinski definition) is 1. The van der Waals surface area contributed by atoms with Gasteiger partial charge in [-0.1, -0.05) is 20.3 Å². The molecule has 0 spiro atoms. The molecule has 0 aromatic heterocycles. The summed E-state index contributed by atoms with van der Waals surface area (Å²) in [6.07, 6.45) is -2.66. The highest BCUT2D eigenvalue weighted by Crippen LogP contribution is 2.21. The maximum Gasteiger partial charge on any atom is 0.390 e. The first-order chi connectivity index (χ1) is 6.35. The second-order valence-corrected chi connectivity index (χ2v) is 4.02. The number of halogens is 3. The van der Waals surface area contributed by atoms with Crippen LogP contribution in [-0.4, -0.2) is 18.8 Å². The molecular weight excluding hydrogens is 191 g/mol. The Balaban J connectivity index is 3.58. The molecule has 0 saturated carbocycles. The molecule has 0 aromatic rings. The molecule has 86 valence electrons. The van der Waals surface area contributed by atoms with Crippen LogP contribution in [0.25, 0.3) is 0 Å². The predicted octanol–water partition coefficient (Wildman–Crippen LogP) is 3.35. The van der Waals surface area contributed by atoms with Gasteiger partial charge in [-0.2, -0.15) is 13.2 Å². The summed E-state index contributed by atoms with van der Waals surface area (Å²) in [7, 11) is 0. The van der Waals surface area contributed by atoms with E-state index in [1.807, 2.05) is 0 Å². The largest absolute Gasteiger partial charge is 0.390 e. The van der Waals surface area contributed by atoms with Gasteiger partial charge in [-0.3, -0.25) is 0 Å². The number of alkyl halides is 3. The van der Waals surface area contributed by atoms with Crippen molar-refractivity contribution in [2.24, 2.45) is 5.92 Å². The zero-order valence-electron chi connectivity index (χ0n) is 9.12. The summed E-state index contributed by atoms with van der Waals surface area (Å²) in [5.74, 6) is 0.454. The van der Waals surface area contributed by atoms with E-state index in [1.165, 1.54) is 0 Å². The fourth-order valence-corrected chi connectivity index (χ4v) is 1.42. The fraction of sp³-hybridized carbons (Fsp3) is 1.00. The van der Waals surface area contributed by atoms with Gasteiger partial charge in [0.2, 0.25) is 0 Å². The van der Waals surface area contributed by atoms with E-state index in [9.17, 15) is 13.2 Å². The topological polar surface area (TPSA) is 12.0 Å². The van der Waals surface area contributed by atoms with Crippen molar-refractivity contribution in [2.75, 3.05) is 6.54 Å². The third kappa shape index (κ3) is 8.35. The standard InChI is InChI=1S/C10H20F3N/c1-4-5-8(2)7-14-9(3)6-10(11,12)13/h8-9,14H,4-7H2,1-3H3. The minimum atomic E-state index is -4.06. The summed E-state index contributed by atoms with van der Waals surface area (Å²) in [5, 5.41) is 2.90. The van der Waals surface area contributed by atoms with Crippen LogP contribution in [0.15, 0.2) is 0 Å². The SMILES string of the molecule is CCCC(C)CNC(C)CC(F)(F)F. The second-order valence-electron chi connectivity index (χ2n) is 4.02. The quantitative estimate of drug-likeness (QED) is 0.710. The summed E-state index contributed by atoms with van der Waals surface area (Å²) in [6.45, 7) is 6.38. The predicted molar refractivity (Wildman–Crippen MR) is 52.2 cm³/mol. The Morgan fingerprint density at radius 1 is 1.21 bits per heavy atom. The first kappa shape index (κ1) is 13.8. The lowest BCUT2D eigenvalue weighted by atomic mass is 10.1. The van der Waals surface area contributed by atoms with Crippen LogP contribution >= 0.6 is 0 Å². The molecule has 2 unspecified atom stereocenters. The Kier molecular flexibility index (Phi) is 6.16. The molecule has 0 rings (SSSR count). The summed E-state index contributed by atoms with van der Waals surface area (Å²) < 4.78 is 35.8. The van der Waals surface area contributed by atoms with Crippen LogP contribution in [0, 0.1) is 5.92 Å². The van der Waals surface area contributed by atoms with Crippen LogP contribution < -0.4 is 5.32 Å². The maximum atomic E-state index is 11.9. The zero-order chi connectivity index (χ0) is 11.2. The van der Waals surface area contributed by atoms with E-state index in [0.717, 1.165) is 12.8 Å². The van der Waals surface area contributed by atoms with E-state index in [2.05, 4.69) is 19.2 Å². The van der Waals surface area contributed by atoms with Crippen LogP contribution in [0.2, 0.25) is 0 Å². The molecule has 1 N–H and O–H groups in total. The van der Waals surface area contributed by atoms with Gasteiger partial charge in [0.25, 0.3) is 0 Å². The average Bonchev–Trinajstić information content (AvgIpc) is 1.98. The van der Waals surface area contributed by atoms with E-state index < -0.39 is 18.6 Å². The minimum absolute atomic E-state index is 0.454. The molecule has 0 bridgehead atoms. The Hall–Kier alpha value is -0.250. The van der Waals surface area contributed by atoms with E-state index in [-0.39, 0.29) is 0 Å². The number of rotatable bonds is 6. The highest BCUT2D eigenvalue weighted by molar-refractivity contribution is 4.67. The second kappa shape index (κ2) is 6.27. The van der Waals surface area contributed by atoms with Gasteiger partial charge < -0.3 is 5.32 Å². The van der Waals surface area contributed by atoms with Gasteiger partial charge >= 0.3 is 6.18 Å². The molecule has 0 aliphatic rings. The van der Waals surface area contributed by atoms with E-state index >= 15 is 0 Å². The van der Waals surface area contributed by atoms with Crippen LogP contribution in [0.3, 0.4) is 0 Å². The Morgan fingerprint density at radius 2 is 1.79 bits per heavy atom. The molecular formula is C10H20F3N. The molecule has 0 aliphatic heterocycles. The van der Waals surface area contributed by atoms with Gasteiger partial charge in [-0.05, 0) is 25.8 Å². The third-order valence-electron chi connectivity index (χ3n) is 2.13. The molecule has 0 aromatic carbocycles. The van der Waals surface area contributed by atoms with Crippen LogP contribution in [0.4, 0.5) is 13.2 Å². The number of nitrogens with one attached hydrogen (secondary N) is 1. The smallest absolute Gasteiger partial charge is 0.314 e. The van der Waals surface area contributed by atoms with Gasteiger partial charge in [0, 0.05) is 6.04 Å². The van der Waals surface area contributed by atoms with Crippen molar-refractivity contribution in [1.29, 1.82) is 0 Å². The lowest BCUT2D eigenvalue weighted by molar-refractivity contribution is -0.139. The van der Waals surface area contributed by atoms with Crippen molar-refractivity contribution >= 4 is 0 Å². The molecule has 0 aliphatic carbocycles. The minimum Gasteiger partial charge on any atom is -0.314 e. The molecule has 14 heavy (non-hydrogen) atoms. The maximum absolute atomic E-state index is 11.9. The van der Waals surface area contributed by atoms with Crippen LogP contribution in [0.5, 0.6) is 0 Å². The first-order valence-corrected chi connectivity index (χ1v) is 5.15. The third-order valence-corrected chi connectivity index (χ3v) is 2.13. The van der Waals surface area contributed by atoms with Crippen molar-refractivity contribution < 1.29 is 13.2 Å². The summed E-state index contributed by atoms with van der Waals surface area (Å²) in [6, 6.07) is -0.477. The molecule has 4 heteroatoms. The summed E-state index contributed by atoms with van der Waals surface area (Å²) >= 11 is 0. The molecule has 0 saturated heterocycles. The highest BCUT2D eigenvalue weighted by atomic mass is 19.4. The van der Waals surface area contributed by atoms with Gasteiger partial charge in [-0.15, -0.1) is 0 Å². The van der Waals surface area contributed by atoms with Gasteiger partial charge in [0.15, 0.2) is 0 Å². The van der Waals surface area contributed by atoms with E-state index in [0.29, 0.717) is 12.5 Å². The molecule has 0 fully saturated rings. The normalized spacial score (nSPS) is 16.7. The lowest BCUT2D eigenvalue weighted by Crippen LogP contribution is -2.34. The van der Waals surface area contributed by atoms with Crippen molar-refractivity contribution in [3.05, 3.63) is 0 Å². The van der Waals surface area contributed by atoms with Gasteiger partial charge in [-0.25, -0.2) is 0 Å². The first-order valence-electron chi connectivity index (χ1n) is 5.15. The molecule has 2 atom stereocenters. The Morgan fingerprint density at radius 3 is 2.21 bits per heavy atom. The number of hydrogen-bond acceptors (Lipinski definition) is 1. The summed E-state index contributed by atoms with van der Waals surface area (Å²) in [5.41, 5.74) is 0. The van der Waals surface area contributed by atoms with Crippen molar-refractivity contribution in [1.82, 2.24) is 5.32 Å². The summed E-state index contributed by atoms with van der Waals surface area (Å²) in [4.78, 5) is 0. The Labute approximate surface area is 84.1 Å². The molecule has 0 radical (unpaired) electrons. The van der Waals surface area contributed by atoms with Crippen LogP contribution in [0.1, 0.15) is 40.0 Å². The molecule has 1 nitrogen and oxygen atoms in total. The van der Waals surface area contributed by atoms with Crippen molar-refractivity contribution in [2.45, 2.75) is 52.3 Å². The van der Waals surface area contributed by atoms with E-state index in [4.69, 9.17) is 0 Å². The highest BCUT2D eigenvalue weighted by Gasteiger charge is 2.29. The van der Waals surface area contributed by atoms with Gasteiger partial charge in [0.1, 0.15) is 0 Å². The monoisotopic (exact) mass is 211 g/mol. The zero-order valence-corrected chi connectivity index (χ0v) is 9.12. The molecule has 0 amide bonds. The van der Waals surface area contributed by atoms with Gasteiger partial charge in [0.05, 0.1) is 6.42 Å². The average molecular weight is 211 g/mol. The fourth-order valence-electron chi connectivity index (χ4n) is 1.42. The van der Waals surface area contributed by atoms with Crippen LogP contribution in [-0.2, 0) is 0 Å². The lowest BCUT2D eigenvalue weighted by Gasteiger charge is -2.18. The van der Waals surface area contributed by atoms with Crippen molar-refractivity contribution in [3.63, 3.8) is 0 Å². The van der Waals surface area contributed by atoms with E-state index in [1.54, 1.807) is 6.92 Å². The Bertz CT molecular complexity index is 145. The van der Waals surface area contributed by atoms with Crippen molar-refractivity contribution in [3.8, 4) is 0 Å².